The molecule has 0 unspecified atom stereocenters. The maximum absolute atomic E-state index is 10.3. The van der Waals surface area contributed by atoms with E-state index in [-0.39, 0.29) is 0 Å². The summed E-state index contributed by atoms with van der Waals surface area (Å²) in [6.07, 6.45) is 11.0. The fourth-order valence-corrected chi connectivity index (χ4v) is 2.01. The lowest BCUT2D eigenvalue weighted by Crippen LogP contribution is -2.18. The predicted octanol–water partition coefficient (Wildman–Crippen LogP) is 3.95. The molecule has 0 aliphatic heterocycles. The van der Waals surface area contributed by atoms with Crippen molar-refractivity contribution in [2.45, 2.75) is 71.1 Å². The van der Waals surface area contributed by atoms with Crippen LogP contribution in [0, 0.1) is 0 Å². The molecule has 0 bridgehead atoms. The monoisotopic (exact) mass is 284 g/mol. The normalized spacial score (nSPS) is 11.7. The Morgan fingerprint density at radius 3 is 1.80 bits per heavy atom. The van der Waals surface area contributed by atoms with Gasteiger partial charge in [-0.1, -0.05) is 44.9 Å². The zero-order chi connectivity index (χ0) is 15.2. The van der Waals surface area contributed by atoms with Crippen molar-refractivity contribution in [3.05, 3.63) is 0 Å². The fourth-order valence-electron chi connectivity index (χ4n) is 2.01. The molecule has 0 spiro atoms. The van der Waals surface area contributed by atoms with Gasteiger partial charge in [-0.2, -0.15) is 0 Å². The lowest BCUT2D eigenvalue weighted by Gasteiger charge is -2.10. The third-order valence-electron chi connectivity index (χ3n) is 3.54. The number of carboxylic acid groups (broad SMARTS) is 1. The van der Waals surface area contributed by atoms with Crippen LogP contribution in [0.2, 0.25) is 0 Å². The molecule has 0 amide bonds. The minimum atomic E-state index is -0.669. The van der Waals surface area contributed by atoms with Crippen LogP contribution in [0.25, 0.3) is 0 Å². The Bertz CT molecular complexity index is 276. The number of nitrogens with zero attached hydrogens (tertiary/aromatic N) is 2. The highest BCUT2D eigenvalue weighted by Crippen LogP contribution is 2.10. The highest BCUT2D eigenvalue weighted by molar-refractivity contribution is 5.79. The van der Waals surface area contributed by atoms with Gasteiger partial charge in [0.05, 0.1) is 5.84 Å². The Balaban J connectivity index is 3.17. The maximum atomic E-state index is 10.3. The fraction of sp³-hybridized carbons (Fsp3) is 0.875. The third kappa shape index (κ3) is 13.4. The molecule has 0 aliphatic carbocycles. The molecule has 118 valence electrons. The van der Waals surface area contributed by atoms with Crippen molar-refractivity contribution in [3.8, 4) is 0 Å². The van der Waals surface area contributed by atoms with Gasteiger partial charge in [0, 0.05) is 27.1 Å². The van der Waals surface area contributed by atoms with Crippen molar-refractivity contribution in [1.29, 1.82) is 0 Å². The van der Waals surface area contributed by atoms with Crippen molar-refractivity contribution in [2.24, 2.45) is 4.99 Å². The van der Waals surface area contributed by atoms with Crippen molar-refractivity contribution in [1.82, 2.24) is 4.90 Å². The lowest BCUT2D eigenvalue weighted by atomic mass is 10.1. The van der Waals surface area contributed by atoms with Gasteiger partial charge in [0.1, 0.15) is 0 Å². The largest absolute Gasteiger partial charge is 0.481 e. The van der Waals surface area contributed by atoms with E-state index in [1.165, 1.54) is 44.9 Å². The summed E-state index contributed by atoms with van der Waals surface area (Å²) in [5.41, 5.74) is 0. The first-order valence-corrected chi connectivity index (χ1v) is 7.94. The first kappa shape index (κ1) is 18.9. The van der Waals surface area contributed by atoms with Gasteiger partial charge in [-0.25, -0.2) is 0 Å². The molecular weight excluding hydrogens is 252 g/mol. The van der Waals surface area contributed by atoms with E-state index in [9.17, 15) is 4.79 Å². The van der Waals surface area contributed by atoms with E-state index < -0.39 is 5.97 Å². The molecule has 0 saturated heterocycles. The number of hydrogen-bond donors (Lipinski definition) is 1. The van der Waals surface area contributed by atoms with Crippen LogP contribution in [0.3, 0.4) is 0 Å². The van der Waals surface area contributed by atoms with Crippen LogP contribution in [0.4, 0.5) is 0 Å². The predicted molar refractivity (Wildman–Crippen MR) is 85.5 cm³/mol. The molecule has 0 heterocycles. The summed E-state index contributed by atoms with van der Waals surface area (Å²) in [5, 5.41) is 8.51. The first-order chi connectivity index (χ1) is 9.54. The summed E-state index contributed by atoms with van der Waals surface area (Å²) >= 11 is 0. The quantitative estimate of drug-likeness (QED) is 0.335. The van der Waals surface area contributed by atoms with Crippen LogP contribution in [-0.4, -0.2) is 42.5 Å². The van der Waals surface area contributed by atoms with Gasteiger partial charge in [-0.3, -0.25) is 9.79 Å². The Morgan fingerprint density at radius 2 is 1.35 bits per heavy atom. The average molecular weight is 284 g/mol. The summed E-state index contributed by atoms with van der Waals surface area (Å²) in [7, 11) is 4.05. The van der Waals surface area contributed by atoms with Gasteiger partial charge < -0.3 is 10.0 Å². The Kier molecular flexibility index (Phi) is 12.3. The molecule has 20 heavy (non-hydrogen) atoms. The average Bonchev–Trinajstić information content (AvgIpc) is 2.39. The minimum Gasteiger partial charge on any atom is -0.481 e. The summed E-state index contributed by atoms with van der Waals surface area (Å²) in [4.78, 5) is 16.9. The number of carboxylic acids is 1. The van der Waals surface area contributed by atoms with Gasteiger partial charge in [-0.05, 0) is 19.8 Å². The standard InChI is InChI=1S/C16H32N2O2/c1-15(18(2)3)17-14-12-10-8-6-4-5-7-9-11-13-16(19)20/h4-14H2,1-3H3,(H,19,20). The molecule has 0 saturated carbocycles. The van der Waals surface area contributed by atoms with Crippen molar-refractivity contribution in [2.75, 3.05) is 20.6 Å². The smallest absolute Gasteiger partial charge is 0.303 e. The number of hydrogen-bond acceptors (Lipinski definition) is 2. The van der Waals surface area contributed by atoms with Gasteiger partial charge >= 0.3 is 5.97 Å². The van der Waals surface area contributed by atoms with Crippen LogP contribution in [0.15, 0.2) is 4.99 Å². The molecular formula is C16H32N2O2. The molecule has 0 fully saturated rings. The molecule has 4 nitrogen and oxygen atoms in total. The van der Waals surface area contributed by atoms with Crippen LogP contribution >= 0.6 is 0 Å². The second-order valence-electron chi connectivity index (χ2n) is 5.65. The number of rotatable bonds is 12. The van der Waals surface area contributed by atoms with Crippen molar-refractivity contribution in [3.63, 3.8) is 0 Å². The third-order valence-corrected chi connectivity index (χ3v) is 3.54. The zero-order valence-electron chi connectivity index (χ0n) is 13.5. The summed E-state index contributed by atoms with van der Waals surface area (Å²) < 4.78 is 0. The second kappa shape index (κ2) is 12.9. The Morgan fingerprint density at radius 1 is 0.900 bits per heavy atom. The molecule has 4 heteroatoms. The second-order valence-corrected chi connectivity index (χ2v) is 5.65. The Labute approximate surface area is 124 Å². The lowest BCUT2D eigenvalue weighted by molar-refractivity contribution is -0.137. The van der Waals surface area contributed by atoms with E-state index in [2.05, 4.69) is 4.99 Å². The molecule has 0 rings (SSSR count). The number of unbranched alkanes of at least 4 members (excludes halogenated alkanes) is 8. The highest BCUT2D eigenvalue weighted by Gasteiger charge is 1.97. The van der Waals surface area contributed by atoms with E-state index in [0.717, 1.165) is 25.2 Å². The van der Waals surface area contributed by atoms with Crippen LogP contribution < -0.4 is 0 Å². The van der Waals surface area contributed by atoms with Gasteiger partial charge in [0.15, 0.2) is 0 Å². The molecule has 1 N–H and O–H groups in total. The maximum Gasteiger partial charge on any atom is 0.303 e. The van der Waals surface area contributed by atoms with E-state index in [4.69, 9.17) is 5.11 Å². The topological polar surface area (TPSA) is 52.9 Å². The molecule has 0 aromatic heterocycles. The van der Waals surface area contributed by atoms with E-state index >= 15 is 0 Å². The molecule has 0 aliphatic rings. The number of amidine groups is 1. The molecule has 0 atom stereocenters. The number of aliphatic carboxylic acids is 1. The summed E-state index contributed by atoms with van der Waals surface area (Å²) in [5.74, 6) is 0.434. The molecule has 0 radical (unpaired) electrons. The van der Waals surface area contributed by atoms with E-state index in [0.29, 0.717) is 6.42 Å². The van der Waals surface area contributed by atoms with Crippen molar-refractivity contribution >= 4 is 11.8 Å². The minimum absolute atomic E-state index is 0.326. The van der Waals surface area contributed by atoms with Crippen molar-refractivity contribution < 1.29 is 9.90 Å². The molecule has 0 aromatic carbocycles. The highest BCUT2D eigenvalue weighted by atomic mass is 16.4. The van der Waals surface area contributed by atoms with E-state index in [1.807, 2.05) is 25.9 Å². The first-order valence-electron chi connectivity index (χ1n) is 7.94. The van der Waals surface area contributed by atoms with E-state index in [1.54, 1.807) is 0 Å². The van der Waals surface area contributed by atoms with Gasteiger partial charge in [-0.15, -0.1) is 0 Å². The molecule has 0 aromatic rings. The van der Waals surface area contributed by atoms with Gasteiger partial charge in [0.25, 0.3) is 0 Å². The van der Waals surface area contributed by atoms with Crippen LogP contribution in [0.5, 0.6) is 0 Å². The Hall–Kier alpha value is -1.06. The number of aliphatic imine (C=N–C) groups is 1. The SMILES string of the molecule is CC(=NCCCCCCCCCCCC(=O)O)N(C)C. The van der Waals surface area contributed by atoms with Crippen LogP contribution in [0.1, 0.15) is 71.1 Å². The summed E-state index contributed by atoms with van der Waals surface area (Å²) in [6.45, 7) is 2.99. The number of carbonyl (C=O) groups is 1. The zero-order valence-corrected chi connectivity index (χ0v) is 13.5. The summed E-state index contributed by atoms with van der Waals surface area (Å²) in [6, 6.07) is 0. The van der Waals surface area contributed by atoms with Gasteiger partial charge in [0.2, 0.25) is 0 Å². The van der Waals surface area contributed by atoms with Crippen LogP contribution in [-0.2, 0) is 4.79 Å².